The highest BCUT2D eigenvalue weighted by Gasteiger charge is 2.36. The molecule has 0 saturated heterocycles. The first-order valence-electron chi connectivity index (χ1n) is 6.22. The standard InChI is InChI=1S/C12H30N2OSi/c1-11(13-5)10-14-8-9-15-16(6,7)12(2,3)4/h11,13-14H,8-10H2,1-7H3. The smallest absolute Gasteiger partial charge is 0.192 e. The highest BCUT2D eigenvalue weighted by Crippen LogP contribution is 2.36. The maximum atomic E-state index is 6.07. The van der Waals surface area contributed by atoms with Crippen LogP contribution in [0.15, 0.2) is 0 Å². The van der Waals surface area contributed by atoms with Gasteiger partial charge in [-0.1, -0.05) is 20.8 Å². The summed E-state index contributed by atoms with van der Waals surface area (Å²) in [6, 6.07) is 0.521. The van der Waals surface area contributed by atoms with Gasteiger partial charge in [-0.3, -0.25) is 0 Å². The summed E-state index contributed by atoms with van der Waals surface area (Å²) in [5.41, 5.74) is 0. The van der Waals surface area contributed by atoms with E-state index in [1.165, 1.54) is 0 Å². The Hall–Kier alpha value is 0.0969. The second-order valence-corrected chi connectivity index (χ2v) is 10.8. The van der Waals surface area contributed by atoms with Crippen LogP contribution in [0.2, 0.25) is 18.1 Å². The van der Waals surface area contributed by atoms with Gasteiger partial charge in [0, 0.05) is 25.7 Å². The number of hydrogen-bond acceptors (Lipinski definition) is 3. The largest absolute Gasteiger partial charge is 0.416 e. The van der Waals surface area contributed by atoms with E-state index in [1.807, 2.05) is 7.05 Å². The lowest BCUT2D eigenvalue weighted by Crippen LogP contribution is -2.43. The predicted octanol–water partition coefficient (Wildman–Crippen LogP) is 2.21. The molecule has 0 aromatic carbocycles. The summed E-state index contributed by atoms with van der Waals surface area (Å²) in [6.07, 6.45) is 0. The third-order valence-corrected chi connectivity index (χ3v) is 8.03. The van der Waals surface area contributed by atoms with Crippen molar-refractivity contribution < 1.29 is 4.43 Å². The fraction of sp³-hybridized carbons (Fsp3) is 1.00. The minimum atomic E-state index is -1.55. The highest BCUT2D eigenvalue weighted by molar-refractivity contribution is 6.74. The molecule has 1 unspecified atom stereocenters. The molecule has 0 rings (SSSR count). The SMILES string of the molecule is CNC(C)CNCCO[Si](C)(C)C(C)(C)C. The lowest BCUT2D eigenvalue weighted by Gasteiger charge is -2.36. The fourth-order valence-corrected chi connectivity index (χ4v) is 2.06. The van der Waals surface area contributed by atoms with Crippen molar-refractivity contribution in [2.45, 2.75) is 51.9 Å². The minimum Gasteiger partial charge on any atom is -0.416 e. The molecular weight excluding hydrogens is 216 g/mol. The molecule has 0 fully saturated rings. The Morgan fingerprint density at radius 2 is 1.81 bits per heavy atom. The van der Waals surface area contributed by atoms with Crippen molar-refractivity contribution in [1.29, 1.82) is 0 Å². The van der Waals surface area contributed by atoms with Gasteiger partial charge in [-0.2, -0.15) is 0 Å². The van der Waals surface area contributed by atoms with Gasteiger partial charge in [-0.15, -0.1) is 0 Å². The Labute approximate surface area is 102 Å². The molecule has 0 spiro atoms. The summed E-state index contributed by atoms with van der Waals surface area (Å²) in [4.78, 5) is 0. The average Bonchev–Trinajstić information content (AvgIpc) is 2.15. The van der Waals surface area contributed by atoms with Crippen molar-refractivity contribution in [3.05, 3.63) is 0 Å². The van der Waals surface area contributed by atoms with Crippen molar-refractivity contribution in [2.75, 3.05) is 26.7 Å². The molecule has 4 heteroatoms. The summed E-state index contributed by atoms with van der Waals surface area (Å²) >= 11 is 0. The number of hydrogen-bond donors (Lipinski definition) is 2. The van der Waals surface area contributed by atoms with Crippen LogP contribution in [0.25, 0.3) is 0 Å². The second kappa shape index (κ2) is 6.74. The summed E-state index contributed by atoms with van der Waals surface area (Å²) in [5.74, 6) is 0. The monoisotopic (exact) mass is 246 g/mol. The van der Waals surface area contributed by atoms with Crippen molar-refractivity contribution in [1.82, 2.24) is 10.6 Å². The molecule has 0 amide bonds. The van der Waals surface area contributed by atoms with E-state index in [9.17, 15) is 0 Å². The van der Waals surface area contributed by atoms with Crippen LogP contribution >= 0.6 is 0 Å². The van der Waals surface area contributed by atoms with Crippen LogP contribution in [0.1, 0.15) is 27.7 Å². The van der Waals surface area contributed by atoms with Gasteiger partial charge >= 0.3 is 0 Å². The fourth-order valence-electron chi connectivity index (χ4n) is 1.02. The summed E-state index contributed by atoms with van der Waals surface area (Å²) < 4.78 is 6.07. The quantitative estimate of drug-likeness (QED) is 0.534. The zero-order valence-electron chi connectivity index (χ0n) is 12.1. The molecule has 0 radical (unpaired) electrons. The van der Waals surface area contributed by atoms with E-state index in [-0.39, 0.29) is 0 Å². The molecule has 0 bridgehead atoms. The Kier molecular flexibility index (Phi) is 6.78. The Balaban J connectivity index is 3.67. The van der Waals surface area contributed by atoms with Gasteiger partial charge in [0.15, 0.2) is 8.32 Å². The Bertz CT molecular complexity index is 190. The van der Waals surface area contributed by atoms with Crippen LogP contribution < -0.4 is 10.6 Å². The Morgan fingerprint density at radius 1 is 1.25 bits per heavy atom. The molecule has 98 valence electrons. The van der Waals surface area contributed by atoms with E-state index in [1.54, 1.807) is 0 Å². The zero-order valence-corrected chi connectivity index (χ0v) is 13.1. The van der Waals surface area contributed by atoms with Gasteiger partial charge in [0.05, 0.1) is 0 Å². The van der Waals surface area contributed by atoms with E-state index in [4.69, 9.17) is 4.43 Å². The molecule has 16 heavy (non-hydrogen) atoms. The summed E-state index contributed by atoms with van der Waals surface area (Å²) in [5, 5.41) is 6.91. The molecule has 3 nitrogen and oxygen atoms in total. The third-order valence-electron chi connectivity index (χ3n) is 3.49. The number of nitrogens with one attached hydrogen (secondary N) is 2. The van der Waals surface area contributed by atoms with Gasteiger partial charge in [-0.05, 0) is 32.1 Å². The predicted molar refractivity (Wildman–Crippen MR) is 74.5 cm³/mol. The van der Waals surface area contributed by atoms with Crippen LogP contribution in [0.5, 0.6) is 0 Å². The van der Waals surface area contributed by atoms with Crippen molar-refractivity contribution in [3.8, 4) is 0 Å². The highest BCUT2D eigenvalue weighted by atomic mass is 28.4. The first-order valence-corrected chi connectivity index (χ1v) is 9.13. The van der Waals surface area contributed by atoms with Crippen LogP contribution in [0.3, 0.4) is 0 Å². The van der Waals surface area contributed by atoms with E-state index in [0.29, 0.717) is 11.1 Å². The molecule has 0 aliphatic carbocycles. The number of rotatable bonds is 7. The first kappa shape index (κ1) is 16.1. The maximum Gasteiger partial charge on any atom is 0.192 e. The first-order chi connectivity index (χ1) is 7.20. The normalized spacial score (nSPS) is 15.2. The van der Waals surface area contributed by atoms with Gasteiger partial charge in [0.2, 0.25) is 0 Å². The van der Waals surface area contributed by atoms with Crippen LogP contribution in [-0.4, -0.2) is 41.1 Å². The third kappa shape index (κ3) is 5.99. The molecule has 0 aliphatic rings. The van der Waals surface area contributed by atoms with Crippen molar-refractivity contribution >= 4 is 8.32 Å². The van der Waals surface area contributed by atoms with Gasteiger partial charge < -0.3 is 15.1 Å². The molecule has 0 saturated carbocycles. The molecule has 1 atom stereocenters. The van der Waals surface area contributed by atoms with Crippen LogP contribution in [0.4, 0.5) is 0 Å². The average molecular weight is 246 g/mol. The van der Waals surface area contributed by atoms with Gasteiger partial charge in [0.1, 0.15) is 0 Å². The lowest BCUT2D eigenvalue weighted by molar-refractivity contribution is 0.284. The van der Waals surface area contributed by atoms with Crippen LogP contribution in [0, 0.1) is 0 Å². The Morgan fingerprint density at radius 3 is 2.25 bits per heavy atom. The zero-order chi connectivity index (χ0) is 12.8. The molecule has 0 aromatic rings. The van der Waals surface area contributed by atoms with Crippen molar-refractivity contribution in [2.24, 2.45) is 0 Å². The number of likely N-dealkylation sites (N-methyl/N-ethyl adjacent to an activating group) is 1. The van der Waals surface area contributed by atoms with Gasteiger partial charge in [0.25, 0.3) is 0 Å². The van der Waals surface area contributed by atoms with Crippen LogP contribution in [-0.2, 0) is 4.43 Å². The van der Waals surface area contributed by atoms with E-state index in [2.05, 4.69) is 51.4 Å². The molecule has 0 heterocycles. The summed E-state index contributed by atoms with van der Waals surface area (Å²) in [6.45, 7) is 16.3. The molecular formula is C12H30N2OSi. The van der Waals surface area contributed by atoms with E-state index < -0.39 is 8.32 Å². The molecule has 0 aliphatic heterocycles. The molecule has 0 aromatic heterocycles. The van der Waals surface area contributed by atoms with E-state index >= 15 is 0 Å². The topological polar surface area (TPSA) is 33.3 Å². The second-order valence-electron chi connectivity index (χ2n) is 6.00. The maximum absolute atomic E-state index is 6.07. The van der Waals surface area contributed by atoms with Gasteiger partial charge in [-0.25, -0.2) is 0 Å². The minimum absolute atomic E-state index is 0.311. The lowest BCUT2D eigenvalue weighted by atomic mass is 10.2. The van der Waals surface area contributed by atoms with E-state index in [0.717, 1.165) is 19.7 Å². The summed E-state index contributed by atoms with van der Waals surface area (Å²) in [7, 11) is 0.439. The van der Waals surface area contributed by atoms with Crippen molar-refractivity contribution in [3.63, 3.8) is 0 Å². The molecule has 2 N–H and O–H groups in total.